The van der Waals surface area contributed by atoms with Crippen LogP contribution in [-0.4, -0.2) is 0 Å². The first-order valence-corrected chi connectivity index (χ1v) is 4.98. The van der Waals surface area contributed by atoms with Crippen molar-refractivity contribution in [1.82, 2.24) is 0 Å². The van der Waals surface area contributed by atoms with Gasteiger partial charge in [0.05, 0.1) is 0 Å². The van der Waals surface area contributed by atoms with Crippen LogP contribution in [0.4, 0.5) is 0 Å². The van der Waals surface area contributed by atoms with Gasteiger partial charge in [-0.3, -0.25) is 0 Å². The lowest BCUT2D eigenvalue weighted by Crippen LogP contribution is -2.12. The molecule has 0 aliphatic heterocycles. The Morgan fingerprint density at radius 1 is 1.40 bits per heavy atom. The number of halogens is 1. The number of hydrogen-bond donors (Lipinski definition) is 1. The van der Waals surface area contributed by atoms with Crippen LogP contribution in [0.1, 0.15) is 36.1 Å². The van der Waals surface area contributed by atoms with Crippen molar-refractivity contribution in [3.63, 3.8) is 0 Å². The molecule has 0 fully saturated rings. The third-order valence-electron chi connectivity index (χ3n) is 2.61. The first-order chi connectivity index (χ1) is 6.52. The minimum atomic E-state index is 0. The monoisotopic (exact) mass is 225 g/mol. The Morgan fingerprint density at radius 3 is 2.53 bits per heavy atom. The minimum Gasteiger partial charge on any atom is -0.324 e. The molecule has 1 rings (SSSR count). The van der Waals surface area contributed by atoms with Crippen molar-refractivity contribution in [3.05, 3.63) is 47.0 Å². The van der Waals surface area contributed by atoms with Gasteiger partial charge in [-0.1, -0.05) is 23.8 Å². The van der Waals surface area contributed by atoms with E-state index in [1.54, 1.807) is 0 Å². The predicted molar refractivity (Wildman–Crippen MR) is 69.5 cm³/mol. The molecule has 0 aliphatic rings. The molecule has 1 nitrogen and oxygen atoms in total. The SMILES string of the molecule is C=C(C)C[C@@H](N)c1cccc(C)c1C.Cl. The molecule has 15 heavy (non-hydrogen) atoms. The normalized spacial score (nSPS) is 11.7. The highest BCUT2D eigenvalue weighted by Crippen LogP contribution is 2.22. The van der Waals surface area contributed by atoms with Crippen molar-refractivity contribution in [3.8, 4) is 0 Å². The molecule has 0 aromatic heterocycles. The van der Waals surface area contributed by atoms with Crippen molar-refractivity contribution in [2.45, 2.75) is 33.2 Å². The van der Waals surface area contributed by atoms with Crippen molar-refractivity contribution < 1.29 is 0 Å². The molecule has 0 heterocycles. The molecule has 2 N–H and O–H groups in total. The van der Waals surface area contributed by atoms with Crippen LogP contribution in [0.15, 0.2) is 30.4 Å². The molecule has 1 atom stereocenters. The fourth-order valence-electron chi connectivity index (χ4n) is 1.66. The van der Waals surface area contributed by atoms with Gasteiger partial charge in [-0.15, -0.1) is 19.0 Å². The molecule has 0 spiro atoms. The van der Waals surface area contributed by atoms with E-state index in [1.165, 1.54) is 16.7 Å². The van der Waals surface area contributed by atoms with E-state index in [2.05, 4.69) is 38.6 Å². The van der Waals surface area contributed by atoms with E-state index < -0.39 is 0 Å². The zero-order valence-electron chi connectivity index (χ0n) is 9.71. The molecule has 2 heteroatoms. The van der Waals surface area contributed by atoms with Gasteiger partial charge in [0.25, 0.3) is 0 Å². The summed E-state index contributed by atoms with van der Waals surface area (Å²) >= 11 is 0. The average molecular weight is 226 g/mol. The van der Waals surface area contributed by atoms with Crippen LogP contribution in [0.5, 0.6) is 0 Å². The Balaban J connectivity index is 0.00000196. The lowest BCUT2D eigenvalue weighted by molar-refractivity contribution is 0.711. The van der Waals surface area contributed by atoms with Crippen LogP contribution < -0.4 is 5.73 Å². The molecule has 1 aromatic carbocycles. The lowest BCUT2D eigenvalue weighted by Gasteiger charge is -2.16. The van der Waals surface area contributed by atoms with Gasteiger partial charge in [-0.2, -0.15) is 0 Å². The van der Waals surface area contributed by atoms with Gasteiger partial charge < -0.3 is 5.73 Å². The fourth-order valence-corrected chi connectivity index (χ4v) is 1.66. The van der Waals surface area contributed by atoms with Crippen molar-refractivity contribution >= 4 is 12.4 Å². The van der Waals surface area contributed by atoms with E-state index in [4.69, 9.17) is 5.73 Å². The van der Waals surface area contributed by atoms with Crippen LogP contribution >= 0.6 is 12.4 Å². The Kier molecular flexibility index (Phi) is 5.63. The third kappa shape index (κ3) is 3.69. The number of nitrogens with two attached hydrogens (primary N) is 1. The topological polar surface area (TPSA) is 26.0 Å². The molecule has 84 valence electrons. The lowest BCUT2D eigenvalue weighted by atomic mass is 9.94. The van der Waals surface area contributed by atoms with E-state index in [-0.39, 0.29) is 18.4 Å². The predicted octanol–water partition coefficient (Wildman–Crippen LogP) is 3.69. The highest BCUT2D eigenvalue weighted by atomic mass is 35.5. The minimum absolute atomic E-state index is 0. The van der Waals surface area contributed by atoms with Gasteiger partial charge in [-0.05, 0) is 43.9 Å². The summed E-state index contributed by atoms with van der Waals surface area (Å²) < 4.78 is 0. The van der Waals surface area contributed by atoms with Gasteiger partial charge in [0.1, 0.15) is 0 Å². The van der Waals surface area contributed by atoms with Gasteiger partial charge in [0.2, 0.25) is 0 Å². The fraction of sp³-hybridized carbons (Fsp3) is 0.385. The summed E-state index contributed by atoms with van der Waals surface area (Å²) in [7, 11) is 0. The van der Waals surface area contributed by atoms with Gasteiger partial charge in [0.15, 0.2) is 0 Å². The van der Waals surface area contributed by atoms with Gasteiger partial charge in [0, 0.05) is 6.04 Å². The number of aryl methyl sites for hydroxylation is 1. The maximum atomic E-state index is 6.10. The molecule has 0 saturated carbocycles. The van der Waals surface area contributed by atoms with Crippen LogP contribution in [0.3, 0.4) is 0 Å². The van der Waals surface area contributed by atoms with E-state index in [0.29, 0.717) is 0 Å². The third-order valence-corrected chi connectivity index (χ3v) is 2.61. The molecule has 0 amide bonds. The second-order valence-corrected chi connectivity index (χ2v) is 4.06. The molecule has 0 unspecified atom stereocenters. The summed E-state index contributed by atoms with van der Waals surface area (Å²) in [6, 6.07) is 6.38. The van der Waals surface area contributed by atoms with Gasteiger partial charge in [-0.25, -0.2) is 0 Å². The first-order valence-electron chi connectivity index (χ1n) is 4.98. The second-order valence-electron chi connectivity index (χ2n) is 4.06. The highest BCUT2D eigenvalue weighted by Gasteiger charge is 2.09. The number of rotatable bonds is 3. The molecule has 0 aliphatic carbocycles. The molecule has 1 aromatic rings. The second kappa shape index (κ2) is 5.94. The van der Waals surface area contributed by atoms with E-state index in [9.17, 15) is 0 Å². The molecular formula is C13H20ClN. The van der Waals surface area contributed by atoms with Crippen LogP contribution in [0, 0.1) is 13.8 Å². The quantitative estimate of drug-likeness (QED) is 0.781. The Labute approximate surface area is 98.8 Å². The summed E-state index contributed by atoms with van der Waals surface area (Å²) in [5.41, 5.74) is 11.1. The van der Waals surface area contributed by atoms with Crippen molar-refractivity contribution in [1.29, 1.82) is 0 Å². The maximum Gasteiger partial charge on any atom is 0.0335 e. The number of benzene rings is 1. The van der Waals surface area contributed by atoms with E-state index in [1.807, 2.05) is 6.92 Å². The standard InChI is InChI=1S/C13H19N.ClH/c1-9(2)8-13(14)12-7-5-6-10(3)11(12)4;/h5-7,13H,1,8,14H2,2-4H3;1H/t13-;/m1./s1. The summed E-state index contributed by atoms with van der Waals surface area (Å²) in [5, 5.41) is 0. The van der Waals surface area contributed by atoms with E-state index in [0.717, 1.165) is 12.0 Å². The van der Waals surface area contributed by atoms with Gasteiger partial charge >= 0.3 is 0 Å². The molecule has 0 saturated heterocycles. The average Bonchev–Trinajstić information content (AvgIpc) is 2.08. The maximum absolute atomic E-state index is 6.10. The summed E-state index contributed by atoms with van der Waals surface area (Å²) in [4.78, 5) is 0. The van der Waals surface area contributed by atoms with E-state index >= 15 is 0 Å². The van der Waals surface area contributed by atoms with Crippen LogP contribution in [-0.2, 0) is 0 Å². The Hall–Kier alpha value is -0.790. The zero-order chi connectivity index (χ0) is 10.7. The smallest absolute Gasteiger partial charge is 0.0335 e. The van der Waals surface area contributed by atoms with Crippen molar-refractivity contribution in [2.24, 2.45) is 5.73 Å². The van der Waals surface area contributed by atoms with Crippen LogP contribution in [0.25, 0.3) is 0 Å². The Morgan fingerprint density at radius 2 is 2.00 bits per heavy atom. The Bertz CT molecular complexity index is 344. The van der Waals surface area contributed by atoms with Crippen molar-refractivity contribution in [2.75, 3.05) is 0 Å². The zero-order valence-corrected chi connectivity index (χ0v) is 10.5. The van der Waals surface area contributed by atoms with Crippen LogP contribution in [0.2, 0.25) is 0 Å². The molecule has 0 radical (unpaired) electrons. The summed E-state index contributed by atoms with van der Waals surface area (Å²) in [5.74, 6) is 0. The summed E-state index contributed by atoms with van der Waals surface area (Å²) in [6.07, 6.45) is 0.865. The highest BCUT2D eigenvalue weighted by molar-refractivity contribution is 5.85. The summed E-state index contributed by atoms with van der Waals surface area (Å²) in [6.45, 7) is 10.2. The largest absolute Gasteiger partial charge is 0.324 e. The molecular weight excluding hydrogens is 206 g/mol. The molecule has 0 bridgehead atoms. The first kappa shape index (κ1) is 14.2. The number of hydrogen-bond acceptors (Lipinski definition) is 1.